The minimum atomic E-state index is -3.41. The van der Waals surface area contributed by atoms with E-state index in [0.717, 1.165) is 24.0 Å². The lowest BCUT2D eigenvalue weighted by atomic mass is 9.97. The first kappa shape index (κ1) is 19.0. The van der Waals surface area contributed by atoms with Gasteiger partial charge in [0.25, 0.3) is 0 Å². The zero-order valence-electron chi connectivity index (χ0n) is 11.3. The lowest BCUT2D eigenvalue weighted by Gasteiger charge is -2.21. The van der Waals surface area contributed by atoms with E-state index in [2.05, 4.69) is 20.2 Å². The van der Waals surface area contributed by atoms with Gasteiger partial charge in [-0.15, -0.1) is 22.6 Å². The summed E-state index contributed by atoms with van der Waals surface area (Å²) >= 11 is 0.922. The van der Waals surface area contributed by atoms with Gasteiger partial charge in [0.2, 0.25) is 26.2 Å². The zero-order chi connectivity index (χ0) is 14.7. The van der Waals surface area contributed by atoms with Crippen LogP contribution < -0.4 is 15.8 Å². The second-order valence-corrected chi connectivity index (χ2v) is 7.13. The number of nitrogens with zero attached hydrogens (tertiary/aromatic N) is 2. The van der Waals surface area contributed by atoms with Gasteiger partial charge in [-0.3, -0.25) is 14.8 Å². The van der Waals surface area contributed by atoms with Crippen molar-refractivity contribution in [1.29, 1.82) is 0 Å². The van der Waals surface area contributed by atoms with Gasteiger partial charge in [-0.1, -0.05) is 24.7 Å². The molecule has 1 aromatic rings. The molecule has 1 heterocycles. The third kappa shape index (κ3) is 5.99. The van der Waals surface area contributed by atoms with Crippen LogP contribution in [0.4, 0.5) is 10.3 Å². The van der Waals surface area contributed by atoms with E-state index in [9.17, 15) is 13.2 Å². The molecule has 1 aromatic heterocycles. The minimum Gasteiger partial charge on any atom is -0.318 e. The number of nitrogens with two attached hydrogens (primary N) is 1. The Morgan fingerprint density at radius 2 is 1.95 bits per heavy atom. The topological polar surface area (TPSA) is 127 Å². The third-order valence-corrected chi connectivity index (χ3v) is 3.65. The fourth-order valence-corrected chi connectivity index (χ4v) is 2.82. The fraction of sp³-hybridized carbons (Fsp3) is 0.667. The van der Waals surface area contributed by atoms with Gasteiger partial charge < -0.3 is 5.73 Å². The summed E-state index contributed by atoms with van der Waals surface area (Å²) in [6.45, 7) is 3.56. The number of halogens is 1. The Bertz CT molecular complexity index is 558. The van der Waals surface area contributed by atoms with Gasteiger partial charge in [-0.2, -0.15) is 0 Å². The van der Waals surface area contributed by atoms with Crippen molar-refractivity contribution in [3.05, 3.63) is 0 Å². The average Bonchev–Trinajstić information content (AvgIpc) is 2.62. The Kier molecular flexibility index (Phi) is 6.81. The van der Waals surface area contributed by atoms with Crippen LogP contribution in [0.15, 0.2) is 0 Å². The molecular formula is C9H18ClN5O3S2. The highest BCUT2D eigenvalue weighted by Gasteiger charge is 2.28. The molecule has 0 fully saturated rings. The largest absolute Gasteiger partial charge is 0.318 e. The standard InChI is InChI=1S/C9H17N5O3S2.ClH/c1-4-5-9(2,10)6(15)11-7-12-13-8(18-7)14-19(3,16)17;/h4-5,10H2,1-3H3,(H,13,14)(H,11,12,15);1H. The van der Waals surface area contributed by atoms with Crippen molar-refractivity contribution >= 4 is 49.9 Å². The number of hydrogen-bond donors (Lipinski definition) is 3. The summed E-state index contributed by atoms with van der Waals surface area (Å²) in [5, 5.41) is 10.1. The maximum absolute atomic E-state index is 11.9. The molecule has 4 N–H and O–H groups in total. The molecule has 0 saturated carbocycles. The average molecular weight is 344 g/mol. The van der Waals surface area contributed by atoms with Gasteiger partial charge in [-0.25, -0.2) is 8.42 Å². The SMILES string of the molecule is CCCC(C)(N)C(=O)Nc1nnc(NS(C)(=O)=O)s1.Cl. The lowest BCUT2D eigenvalue weighted by molar-refractivity contribution is -0.120. The number of aromatic nitrogens is 2. The maximum Gasteiger partial charge on any atom is 0.245 e. The number of anilines is 2. The molecule has 1 amide bonds. The Morgan fingerprint density at radius 1 is 1.40 bits per heavy atom. The molecule has 116 valence electrons. The molecule has 11 heteroatoms. The Balaban J connectivity index is 0.00000361. The molecule has 8 nitrogen and oxygen atoms in total. The summed E-state index contributed by atoms with van der Waals surface area (Å²) < 4.78 is 24.2. The first-order valence-corrected chi connectivity index (χ1v) is 8.26. The summed E-state index contributed by atoms with van der Waals surface area (Å²) in [7, 11) is -3.41. The normalized spacial score (nSPS) is 14.0. The van der Waals surface area contributed by atoms with Crippen LogP contribution in [0.5, 0.6) is 0 Å². The van der Waals surface area contributed by atoms with Gasteiger partial charge in [0.15, 0.2) is 0 Å². The van der Waals surface area contributed by atoms with Crippen molar-refractivity contribution in [2.24, 2.45) is 5.73 Å². The fourth-order valence-electron chi connectivity index (χ4n) is 1.35. The molecule has 0 bridgehead atoms. The molecule has 0 aliphatic rings. The van der Waals surface area contributed by atoms with Gasteiger partial charge in [0, 0.05) is 0 Å². The van der Waals surface area contributed by atoms with Gasteiger partial charge >= 0.3 is 0 Å². The number of nitrogens with one attached hydrogen (secondary N) is 2. The smallest absolute Gasteiger partial charge is 0.245 e. The summed E-state index contributed by atoms with van der Waals surface area (Å²) in [5.74, 6) is -0.378. The molecule has 0 aliphatic carbocycles. The summed E-state index contributed by atoms with van der Waals surface area (Å²) in [4.78, 5) is 11.9. The molecule has 0 aromatic carbocycles. The summed E-state index contributed by atoms with van der Waals surface area (Å²) in [6.07, 6.45) is 2.31. The van der Waals surface area contributed by atoms with Gasteiger partial charge in [-0.05, 0) is 13.3 Å². The van der Waals surface area contributed by atoms with Crippen molar-refractivity contribution in [2.45, 2.75) is 32.2 Å². The Hall–Kier alpha value is -0.970. The first-order valence-electron chi connectivity index (χ1n) is 5.55. The van der Waals surface area contributed by atoms with Crippen LogP contribution >= 0.6 is 23.7 Å². The van der Waals surface area contributed by atoms with Crippen LogP contribution in [0.1, 0.15) is 26.7 Å². The van der Waals surface area contributed by atoms with Crippen LogP contribution in [-0.4, -0.2) is 36.3 Å². The highest BCUT2D eigenvalue weighted by Crippen LogP contribution is 2.22. The number of carbonyl (C=O) groups is 1. The molecule has 20 heavy (non-hydrogen) atoms. The predicted molar refractivity (Wildman–Crippen MR) is 81.8 cm³/mol. The van der Waals surface area contributed by atoms with Crippen molar-refractivity contribution in [1.82, 2.24) is 10.2 Å². The molecular weight excluding hydrogens is 326 g/mol. The van der Waals surface area contributed by atoms with E-state index >= 15 is 0 Å². The quantitative estimate of drug-likeness (QED) is 0.700. The van der Waals surface area contributed by atoms with Crippen LogP contribution in [0.3, 0.4) is 0 Å². The molecule has 0 aliphatic heterocycles. The van der Waals surface area contributed by atoms with Crippen molar-refractivity contribution < 1.29 is 13.2 Å². The Morgan fingerprint density at radius 3 is 2.45 bits per heavy atom. The molecule has 1 rings (SSSR count). The van der Waals surface area contributed by atoms with E-state index in [0.29, 0.717) is 6.42 Å². The van der Waals surface area contributed by atoms with Crippen LogP contribution in [0, 0.1) is 0 Å². The molecule has 1 unspecified atom stereocenters. The predicted octanol–water partition coefficient (Wildman–Crippen LogP) is 0.787. The Labute approximate surface area is 128 Å². The lowest BCUT2D eigenvalue weighted by Crippen LogP contribution is -2.48. The van der Waals surface area contributed by atoms with E-state index < -0.39 is 15.6 Å². The van der Waals surface area contributed by atoms with Crippen LogP contribution in [0.2, 0.25) is 0 Å². The number of amides is 1. The van der Waals surface area contributed by atoms with E-state index in [4.69, 9.17) is 5.73 Å². The number of hydrogen-bond acceptors (Lipinski definition) is 7. The molecule has 0 spiro atoms. The monoisotopic (exact) mass is 343 g/mol. The minimum absolute atomic E-state index is 0. The van der Waals surface area contributed by atoms with E-state index in [1.165, 1.54) is 0 Å². The van der Waals surface area contributed by atoms with Crippen molar-refractivity contribution in [3.63, 3.8) is 0 Å². The zero-order valence-corrected chi connectivity index (χ0v) is 13.8. The van der Waals surface area contributed by atoms with E-state index in [1.54, 1.807) is 6.92 Å². The number of carbonyl (C=O) groups excluding carboxylic acids is 1. The maximum atomic E-state index is 11.9. The van der Waals surface area contributed by atoms with Crippen molar-refractivity contribution in [2.75, 3.05) is 16.3 Å². The summed E-state index contributed by atoms with van der Waals surface area (Å²) in [6, 6.07) is 0. The van der Waals surface area contributed by atoms with Crippen molar-refractivity contribution in [3.8, 4) is 0 Å². The third-order valence-electron chi connectivity index (χ3n) is 2.21. The molecule has 0 radical (unpaired) electrons. The van der Waals surface area contributed by atoms with E-state index in [1.807, 2.05) is 6.92 Å². The molecule has 1 atom stereocenters. The highest BCUT2D eigenvalue weighted by atomic mass is 35.5. The second-order valence-electron chi connectivity index (χ2n) is 4.41. The van der Waals surface area contributed by atoms with Crippen LogP contribution in [0.25, 0.3) is 0 Å². The highest BCUT2D eigenvalue weighted by molar-refractivity contribution is 7.92. The number of sulfonamides is 1. The first-order chi connectivity index (χ1) is 8.64. The van der Waals surface area contributed by atoms with Crippen LogP contribution in [-0.2, 0) is 14.8 Å². The summed E-state index contributed by atoms with van der Waals surface area (Å²) in [5.41, 5.74) is 4.86. The van der Waals surface area contributed by atoms with Gasteiger partial charge in [0.1, 0.15) is 0 Å². The number of rotatable bonds is 6. The second kappa shape index (κ2) is 7.16. The van der Waals surface area contributed by atoms with Gasteiger partial charge in [0.05, 0.1) is 11.8 Å². The van der Waals surface area contributed by atoms with E-state index in [-0.39, 0.29) is 28.6 Å². The molecule has 0 saturated heterocycles.